The van der Waals surface area contributed by atoms with Crippen molar-refractivity contribution >= 4 is 63.6 Å². The molecule has 1 unspecified atom stereocenters. The number of nitrogens with one attached hydrogen (secondary N) is 3. The average Bonchev–Trinajstić information content (AvgIpc) is 3.71. The number of ether oxygens (including phenoxy) is 1. The van der Waals surface area contributed by atoms with Crippen molar-refractivity contribution in [2.45, 2.75) is 56.1 Å². The number of amides is 3. The minimum absolute atomic E-state index is 0.00344. The van der Waals surface area contributed by atoms with Gasteiger partial charge in [-0.15, -0.1) is 23.1 Å². The van der Waals surface area contributed by atoms with Gasteiger partial charge in [0.25, 0.3) is 11.8 Å². The number of fused-ring (bicyclic) bond motifs is 1. The van der Waals surface area contributed by atoms with E-state index in [1.807, 2.05) is 13.0 Å². The predicted molar refractivity (Wildman–Crippen MR) is 181 cm³/mol. The molecule has 0 spiro atoms. The Bertz CT molecular complexity index is 1730. The van der Waals surface area contributed by atoms with Gasteiger partial charge in [-0.2, -0.15) is 0 Å². The van der Waals surface area contributed by atoms with Gasteiger partial charge >= 0.3 is 5.97 Å². The molecule has 0 aliphatic heterocycles. The standard InChI is InChI=1S/C35H35N3O6S2/c1-3-28(33(41)38-34-30(35(42)43-4-2)26-17-8-9-18-29(26)46-34)45-25-16-10-14-23(20-25)36-32(40)27(21-24-15-11-19-44-24)37-31(39)22-12-6-5-7-13-22/h5-7,10-16,19-21,28H,3-4,8-9,17-18H2,1-2H3,(H,36,40)(H,37,39)(H,38,41)/b27-21-. The number of esters is 1. The molecule has 2 aromatic heterocycles. The summed E-state index contributed by atoms with van der Waals surface area (Å²) >= 11 is 2.83. The Morgan fingerprint density at radius 3 is 2.52 bits per heavy atom. The molecule has 1 atom stereocenters. The summed E-state index contributed by atoms with van der Waals surface area (Å²) in [5, 5.41) is 8.64. The zero-order valence-electron chi connectivity index (χ0n) is 25.6. The first-order chi connectivity index (χ1) is 22.4. The topological polar surface area (TPSA) is 127 Å². The van der Waals surface area contributed by atoms with Crippen LogP contribution in [0.25, 0.3) is 6.08 Å². The number of anilines is 2. The molecule has 1 aliphatic carbocycles. The fourth-order valence-electron chi connectivity index (χ4n) is 5.06. The van der Waals surface area contributed by atoms with Crippen LogP contribution in [0.5, 0.6) is 0 Å². The van der Waals surface area contributed by atoms with Gasteiger partial charge in [0.1, 0.15) is 16.5 Å². The molecule has 4 aromatic rings. The maximum Gasteiger partial charge on any atom is 0.341 e. The zero-order chi connectivity index (χ0) is 32.5. The summed E-state index contributed by atoms with van der Waals surface area (Å²) in [7, 11) is 0. The molecule has 5 rings (SSSR count). The molecule has 0 saturated heterocycles. The number of hydrogen-bond acceptors (Lipinski definition) is 8. The molecule has 3 amide bonds. The number of thiophene rings is 1. The first-order valence-corrected chi connectivity index (χ1v) is 16.9. The van der Waals surface area contributed by atoms with Crippen LogP contribution in [-0.4, -0.2) is 35.5 Å². The second kappa shape index (κ2) is 15.6. The molecule has 0 bridgehead atoms. The summed E-state index contributed by atoms with van der Waals surface area (Å²) in [4.78, 5) is 54.5. The van der Waals surface area contributed by atoms with Crippen LogP contribution in [0.3, 0.4) is 0 Å². The Kier molecular flexibility index (Phi) is 11.1. The highest BCUT2D eigenvalue weighted by atomic mass is 32.2. The minimum atomic E-state index is -0.541. The van der Waals surface area contributed by atoms with Crippen molar-refractivity contribution in [2.24, 2.45) is 0 Å². The Morgan fingerprint density at radius 2 is 1.78 bits per heavy atom. The summed E-state index contributed by atoms with van der Waals surface area (Å²) < 4.78 is 10.7. The van der Waals surface area contributed by atoms with Crippen molar-refractivity contribution in [1.82, 2.24) is 5.32 Å². The molecule has 46 heavy (non-hydrogen) atoms. The molecule has 0 saturated carbocycles. The van der Waals surface area contributed by atoms with Gasteiger partial charge in [0, 0.05) is 27.1 Å². The van der Waals surface area contributed by atoms with E-state index in [1.54, 1.807) is 67.6 Å². The number of aryl methyl sites for hydroxylation is 1. The predicted octanol–water partition coefficient (Wildman–Crippen LogP) is 7.32. The second-order valence-electron chi connectivity index (χ2n) is 10.5. The maximum atomic E-state index is 13.5. The highest BCUT2D eigenvalue weighted by Crippen LogP contribution is 2.39. The number of rotatable bonds is 12. The lowest BCUT2D eigenvalue weighted by Gasteiger charge is -2.16. The number of benzene rings is 2. The minimum Gasteiger partial charge on any atom is -0.465 e. The van der Waals surface area contributed by atoms with E-state index in [9.17, 15) is 19.2 Å². The molecule has 0 fully saturated rings. The van der Waals surface area contributed by atoms with E-state index in [2.05, 4.69) is 16.0 Å². The number of hydrogen-bond donors (Lipinski definition) is 3. The Balaban J connectivity index is 1.29. The van der Waals surface area contributed by atoms with Crippen LogP contribution in [0.2, 0.25) is 0 Å². The summed E-state index contributed by atoms with van der Waals surface area (Å²) in [6, 6.07) is 19.1. The number of carbonyl (C=O) groups is 4. The number of carbonyl (C=O) groups excluding carboxylic acids is 4. The van der Waals surface area contributed by atoms with Crippen molar-refractivity contribution in [2.75, 3.05) is 17.2 Å². The Labute approximate surface area is 275 Å². The Hall–Kier alpha value is -4.61. The molecular weight excluding hydrogens is 623 g/mol. The van der Waals surface area contributed by atoms with Crippen LogP contribution in [0.1, 0.15) is 70.0 Å². The first kappa shape index (κ1) is 32.8. The summed E-state index contributed by atoms with van der Waals surface area (Å²) in [6.45, 7) is 3.96. The lowest BCUT2D eigenvalue weighted by Crippen LogP contribution is -2.30. The maximum absolute atomic E-state index is 13.5. The van der Waals surface area contributed by atoms with Crippen molar-refractivity contribution in [3.05, 3.63) is 106 Å². The summed E-state index contributed by atoms with van der Waals surface area (Å²) in [5.41, 5.74) is 2.37. The molecule has 1 aliphatic rings. The highest BCUT2D eigenvalue weighted by molar-refractivity contribution is 8.00. The zero-order valence-corrected chi connectivity index (χ0v) is 27.2. The van der Waals surface area contributed by atoms with Gasteiger partial charge in [0.2, 0.25) is 5.91 Å². The van der Waals surface area contributed by atoms with E-state index < -0.39 is 23.0 Å². The van der Waals surface area contributed by atoms with E-state index in [0.29, 0.717) is 34.0 Å². The largest absolute Gasteiger partial charge is 0.465 e. The van der Waals surface area contributed by atoms with Crippen LogP contribution in [0.15, 0.2) is 88.0 Å². The first-order valence-electron chi connectivity index (χ1n) is 15.2. The smallest absolute Gasteiger partial charge is 0.341 e. The third-order valence-corrected chi connectivity index (χ3v) is 9.84. The fraction of sp³-hybridized carbons (Fsp3) is 0.257. The van der Waals surface area contributed by atoms with Crippen molar-refractivity contribution in [1.29, 1.82) is 0 Å². The van der Waals surface area contributed by atoms with Gasteiger partial charge < -0.3 is 25.1 Å². The molecule has 0 radical (unpaired) electrons. The van der Waals surface area contributed by atoms with Crippen LogP contribution in [0.4, 0.5) is 10.7 Å². The van der Waals surface area contributed by atoms with Gasteiger partial charge in [-0.1, -0.05) is 31.2 Å². The molecule has 3 N–H and O–H groups in total. The summed E-state index contributed by atoms with van der Waals surface area (Å²) in [6.07, 6.45) is 7.22. The molecule has 11 heteroatoms. The SMILES string of the molecule is CCOC(=O)c1c(NC(=O)C(CC)Sc2cccc(NC(=O)/C(=C/c3ccco3)NC(=O)c3ccccc3)c2)sc2c1CCCC2. The van der Waals surface area contributed by atoms with Crippen LogP contribution in [-0.2, 0) is 27.2 Å². The average molecular weight is 658 g/mol. The van der Waals surface area contributed by atoms with Gasteiger partial charge in [0.15, 0.2) is 0 Å². The van der Waals surface area contributed by atoms with Crippen LogP contribution in [0, 0.1) is 0 Å². The van der Waals surface area contributed by atoms with Gasteiger partial charge in [-0.05, 0) is 87.1 Å². The Morgan fingerprint density at radius 1 is 0.978 bits per heavy atom. The molecule has 9 nitrogen and oxygen atoms in total. The third-order valence-electron chi connectivity index (χ3n) is 7.28. The van der Waals surface area contributed by atoms with Crippen LogP contribution < -0.4 is 16.0 Å². The van der Waals surface area contributed by atoms with Gasteiger partial charge in [0.05, 0.1) is 23.7 Å². The third kappa shape index (κ3) is 8.15. The van der Waals surface area contributed by atoms with E-state index in [0.717, 1.165) is 41.0 Å². The normalized spacial score (nSPS) is 13.3. The molecule has 2 aromatic carbocycles. The quantitative estimate of drug-likeness (QED) is 0.0828. The number of furan rings is 1. The van der Waals surface area contributed by atoms with Crippen LogP contribution >= 0.6 is 23.1 Å². The van der Waals surface area contributed by atoms with E-state index in [-0.39, 0.29) is 18.2 Å². The van der Waals surface area contributed by atoms with Crippen molar-refractivity contribution in [3.63, 3.8) is 0 Å². The van der Waals surface area contributed by atoms with E-state index in [4.69, 9.17) is 9.15 Å². The van der Waals surface area contributed by atoms with Gasteiger partial charge in [-0.25, -0.2) is 4.79 Å². The summed E-state index contributed by atoms with van der Waals surface area (Å²) in [5.74, 6) is -1.19. The number of thioether (sulfide) groups is 1. The molecule has 2 heterocycles. The monoisotopic (exact) mass is 657 g/mol. The van der Waals surface area contributed by atoms with Gasteiger partial charge in [-0.3, -0.25) is 14.4 Å². The van der Waals surface area contributed by atoms with Crippen molar-refractivity contribution < 1.29 is 28.3 Å². The van der Waals surface area contributed by atoms with E-state index >= 15 is 0 Å². The molecular formula is C35H35N3O6S2. The molecule has 238 valence electrons. The fourth-order valence-corrected chi connectivity index (χ4v) is 7.35. The highest BCUT2D eigenvalue weighted by Gasteiger charge is 2.29. The lowest BCUT2D eigenvalue weighted by atomic mass is 9.95. The van der Waals surface area contributed by atoms with E-state index in [1.165, 1.54) is 35.4 Å². The second-order valence-corrected chi connectivity index (χ2v) is 12.9. The lowest BCUT2D eigenvalue weighted by molar-refractivity contribution is -0.116. The van der Waals surface area contributed by atoms with Crippen molar-refractivity contribution in [3.8, 4) is 0 Å².